The van der Waals surface area contributed by atoms with Crippen molar-refractivity contribution in [1.29, 1.82) is 0 Å². The molecule has 3 heteroatoms. The molecule has 0 amide bonds. The molecule has 1 fully saturated rings. The predicted octanol–water partition coefficient (Wildman–Crippen LogP) is 1.80. The largest absolute Gasteiger partial charge is 0.388 e. The van der Waals surface area contributed by atoms with Crippen LogP contribution in [0.2, 0.25) is 0 Å². The predicted molar refractivity (Wildman–Crippen MR) is 79.2 cm³/mol. The monoisotopic (exact) mass is 262 g/mol. The summed E-state index contributed by atoms with van der Waals surface area (Å²) in [6.45, 7) is 5.84. The van der Waals surface area contributed by atoms with Crippen LogP contribution in [0.3, 0.4) is 0 Å². The second-order valence-corrected chi connectivity index (χ2v) is 5.70. The SMILES string of the molecule is CCc1ccc(CN2CCC(O)(CNC)CC2)cc1. The summed E-state index contributed by atoms with van der Waals surface area (Å²) in [6, 6.07) is 8.90. The first-order chi connectivity index (χ1) is 9.15. The molecule has 0 radical (unpaired) electrons. The van der Waals surface area contributed by atoms with Gasteiger partial charge in [0.25, 0.3) is 0 Å². The number of aliphatic hydroxyl groups is 1. The van der Waals surface area contributed by atoms with Crippen molar-refractivity contribution in [3.05, 3.63) is 35.4 Å². The number of hydrogen-bond acceptors (Lipinski definition) is 3. The van der Waals surface area contributed by atoms with Crippen molar-refractivity contribution in [3.8, 4) is 0 Å². The van der Waals surface area contributed by atoms with Crippen LogP contribution in [0.15, 0.2) is 24.3 Å². The second-order valence-electron chi connectivity index (χ2n) is 5.70. The highest BCUT2D eigenvalue weighted by molar-refractivity contribution is 5.22. The molecule has 0 bridgehead atoms. The standard InChI is InChI=1S/C16H26N2O/c1-3-14-4-6-15(7-5-14)12-18-10-8-16(19,9-11-18)13-17-2/h4-7,17,19H,3,8-13H2,1-2H3. The van der Waals surface area contributed by atoms with Crippen molar-refractivity contribution < 1.29 is 5.11 Å². The van der Waals surface area contributed by atoms with Crippen LogP contribution in [0.5, 0.6) is 0 Å². The molecule has 0 aromatic heterocycles. The van der Waals surface area contributed by atoms with Crippen LogP contribution in [0, 0.1) is 0 Å². The van der Waals surface area contributed by atoms with Crippen molar-refractivity contribution in [2.45, 2.75) is 38.3 Å². The number of likely N-dealkylation sites (N-methyl/N-ethyl adjacent to an activating group) is 1. The third-order valence-corrected chi connectivity index (χ3v) is 4.13. The summed E-state index contributed by atoms with van der Waals surface area (Å²) in [5, 5.41) is 13.4. The Morgan fingerprint density at radius 2 is 1.74 bits per heavy atom. The summed E-state index contributed by atoms with van der Waals surface area (Å²) in [7, 11) is 1.90. The topological polar surface area (TPSA) is 35.5 Å². The molecule has 1 saturated heterocycles. The van der Waals surface area contributed by atoms with Crippen LogP contribution < -0.4 is 5.32 Å². The molecule has 1 aromatic carbocycles. The highest BCUT2D eigenvalue weighted by Gasteiger charge is 2.31. The molecule has 3 nitrogen and oxygen atoms in total. The summed E-state index contributed by atoms with van der Waals surface area (Å²) < 4.78 is 0. The molecule has 0 unspecified atom stereocenters. The van der Waals surface area contributed by atoms with E-state index in [1.807, 2.05) is 7.05 Å². The van der Waals surface area contributed by atoms with Gasteiger partial charge in [-0.25, -0.2) is 0 Å². The summed E-state index contributed by atoms with van der Waals surface area (Å²) >= 11 is 0. The van der Waals surface area contributed by atoms with Crippen LogP contribution in [0.1, 0.15) is 30.9 Å². The molecule has 2 rings (SSSR count). The van der Waals surface area contributed by atoms with E-state index in [2.05, 4.69) is 41.4 Å². The Kier molecular flexibility index (Phi) is 4.97. The van der Waals surface area contributed by atoms with E-state index in [9.17, 15) is 5.11 Å². The van der Waals surface area contributed by atoms with Crippen molar-refractivity contribution in [1.82, 2.24) is 10.2 Å². The van der Waals surface area contributed by atoms with Crippen LogP contribution in [0.25, 0.3) is 0 Å². The molecule has 0 spiro atoms. The van der Waals surface area contributed by atoms with Gasteiger partial charge in [-0.3, -0.25) is 4.90 Å². The Morgan fingerprint density at radius 3 is 2.26 bits per heavy atom. The molecular weight excluding hydrogens is 236 g/mol. The lowest BCUT2D eigenvalue weighted by Crippen LogP contribution is -2.49. The van der Waals surface area contributed by atoms with E-state index >= 15 is 0 Å². The fraction of sp³-hybridized carbons (Fsp3) is 0.625. The fourth-order valence-electron chi connectivity index (χ4n) is 2.77. The summed E-state index contributed by atoms with van der Waals surface area (Å²) in [4.78, 5) is 2.44. The van der Waals surface area contributed by atoms with Gasteiger partial charge in [-0.2, -0.15) is 0 Å². The van der Waals surface area contributed by atoms with Gasteiger partial charge in [0.15, 0.2) is 0 Å². The van der Waals surface area contributed by atoms with Gasteiger partial charge in [-0.15, -0.1) is 0 Å². The number of benzene rings is 1. The number of nitrogens with one attached hydrogen (secondary N) is 1. The average molecular weight is 262 g/mol. The zero-order valence-electron chi connectivity index (χ0n) is 12.2. The third-order valence-electron chi connectivity index (χ3n) is 4.13. The number of rotatable bonds is 5. The lowest BCUT2D eigenvalue weighted by atomic mass is 9.91. The average Bonchev–Trinajstić information content (AvgIpc) is 2.43. The van der Waals surface area contributed by atoms with Gasteiger partial charge in [-0.1, -0.05) is 31.2 Å². The van der Waals surface area contributed by atoms with Gasteiger partial charge >= 0.3 is 0 Å². The quantitative estimate of drug-likeness (QED) is 0.849. The van der Waals surface area contributed by atoms with Crippen LogP contribution >= 0.6 is 0 Å². The Morgan fingerprint density at radius 1 is 1.16 bits per heavy atom. The Balaban J connectivity index is 1.84. The van der Waals surface area contributed by atoms with E-state index in [0.29, 0.717) is 6.54 Å². The molecule has 106 valence electrons. The van der Waals surface area contributed by atoms with Crippen molar-refractivity contribution in [3.63, 3.8) is 0 Å². The van der Waals surface area contributed by atoms with E-state index < -0.39 is 5.60 Å². The molecule has 0 atom stereocenters. The Hall–Kier alpha value is -0.900. The molecule has 0 aliphatic carbocycles. The molecule has 1 heterocycles. The number of nitrogens with zero attached hydrogens (tertiary/aromatic N) is 1. The maximum absolute atomic E-state index is 10.3. The van der Waals surface area contributed by atoms with E-state index in [-0.39, 0.29) is 0 Å². The van der Waals surface area contributed by atoms with E-state index in [1.54, 1.807) is 0 Å². The van der Waals surface area contributed by atoms with Gasteiger partial charge in [0.1, 0.15) is 0 Å². The molecule has 0 saturated carbocycles. The van der Waals surface area contributed by atoms with Crippen LogP contribution in [-0.4, -0.2) is 42.3 Å². The zero-order chi connectivity index (χ0) is 13.7. The molecule has 19 heavy (non-hydrogen) atoms. The normalized spacial score (nSPS) is 19.5. The van der Waals surface area contributed by atoms with Gasteiger partial charge in [0.2, 0.25) is 0 Å². The lowest BCUT2D eigenvalue weighted by molar-refractivity contribution is -0.0203. The first-order valence-electron chi connectivity index (χ1n) is 7.32. The first-order valence-corrected chi connectivity index (χ1v) is 7.32. The smallest absolute Gasteiger partial charge is 0.0795 e. The first kappa shape index (κ1) is 14.5. The molecule has 1 aliphatic heterocycles. The number of aryl methyl sites for hydroxylation is 1. The summed E-state index contributed by atoms with van der Waals surface area (Å²) in [6.07, 6.45) is 2.82. The highest BCUT2D eigenvalue weighted by atomic mass is 16.3. The van der Waals surface area contributed by atoms with E-state index in [0.717, 1.165) is 38.9 Å². The van der Waals surface area contributed by atoms with Crippen LogP contribution in [-0.2, 0) is 13.0 Å². The lowest BCUT2D eigenvalue weighted by Gasteiger charge is -2.38. The van der Waals surface area contributed by atoms with Crippen molar-refractivity contribution in [2.24, 2.45) is 0 Å². The van der Waals surface area contributed by atoms with Gasteiger partial charge < -0.3 is 10.4 Å². The fourth-order valence-corrected chi connectivity index (χ4v) is 2.77. The van der Waals surface area contributed by atoms with Crippen LogP contribution in [0.4, 0.5) is 0 Å². The maximum atomic E-state index is 10.3. The second kappa shape index (κ2) is 6.51. The van der Waals surface area contributed by atoms with E-state index in [1.165, 1.54) is 11.1 Å². The molecule has 1 aromatic rings. The summed E-state index contributed by atoms with van der Waals surface area (Å²) in [5.41, 5.74) is 2.26. The minimum atomic E-state index is -0.503. The third kappa shape index (κ3) is 4.03. The Labute approximate surface area is 116 Å². The minimum Gasteiger partial charge on any atom is -0.388 e. The minimum absolute atomic E-state index is 0.503. The Bertz CT molecular complexity index is 380. The number of piperidine rings is 1. The van der Waals surface area contributed by atoms with Gasteiger partial charge in [-0.05, 0) is 37.4 Å². The maximum Gasteiger partial charge on any atom is 0.0795 e. The molecule has 2 N–H and O–H groups in total. The molecular formula is C16H26N2O. The van der Waals surface area contributed by atoms with Gasteiger partial charge in [0, 0.05) is 26.2 Å². The zero-order valence-corrected chi connectivity index (χ0v) is 12.2. The number of hydrogen-bond donors (Lipinski definition) is 2. The van der Waals surface area contributed by atoms with E-state index in [4.69, 9.17) is 0 Å². The molecule has 1 aliphatic rings. The van der Waals surface area contributed by atoms with Gasteiger partial charge in [0.05, 0.1) is 5.60 Å². The van der Waals surface area contributed by atoms with Crippen molar-refractivity contribution in [2.75, 3.05) is 26.7 Å². The highest BCUT2D eigenvalue weighted by Crippen LogP contribution is 2.22. The number of likely N-dealkylation sites (tertiary alicyclic amines) is 1. The summed E-state index contributed by atoms with van der Waals surface area (Å²) in [5.74, 6) is 0. The van der Waals surface area contributed by atoms with Crippen molar-refractivity contribution >= 4 is 0 Å².